The van der Waals surface area contributed by atoms with E-state index in [9.17, 15) is 10.2 Å². The van der Waals surface area contributed by atoms with Gasteiger partial charge in [-0.1, -0.05) is 62.8 Å². The summed E-state index contributed by atoms with van der Waals surface area (Å²) in [5, 5.41) is 23.8. The fraction of sp³-hybridized carbons (Fsp3) is 0.625. The van der Waals surface area contributed by atoms with Crippen LogP contribution in [0.4, 0.5) is 0 Å². The molecule has 1 rings (SSSR count). The molecule has 0 saturated carbocycles. The molecule has 0 bridgehead atoms. The molecule has 0 aliphatic rings. The van der Waals surface area contributed by atoms with Crippen molar-refractivity contribution < 1.29 is 26.7 Å². The minimum absolute atomic E-state index is 0. The average molecular weight is 307 g/mol. The molecule has 2 nitrogen and oxygen atoms in total. The van der Waals surface area contributed by atoms with E-state index in [1.54, 1.807) is 0 Å². The molecule has 1 aromatic carbocycles. The monoisotopic (exact) mass is 306 g/mol. The van der Waals surface area contributed by atoms with Gasteiger partial charge >= 0.3 is 16.5 Å². The molecule has 0 atom stereocenters. The first kappa shape index (κ1) is 18.3. The molecule has 19 heavy (non-hydrogen) atoms. The minimum Gasteiger partial charge on any atom is -0.873 e. The zero-order chi connectivity index (χ0) is 13.4. The summed E-state index contributed by atoms with van der Waals surface area (Å²) in [7, 11) is 0. The number of aryl methyl sites for hydroxylation is 2. The third kappa shape index (κ3) is 5.86. The van der Waals surface area contributed by atoms with Crippen LogP contribution in [0.2, 0.25) is 0 Å². The van der Waals surface area contributed by atoms with E-state index in [0.29, 0.717) is 11.1 Å². The first-order valence-corrected chi connectivity index (χ1v) is 7.19. The maximum absolute atomic E-state index is 11.9. The molecule has 0 heterocycles. The summed E-state index contributed by atoms with van der Waals surface area (Å²) in [6, 6.07) is 3.72. The van der Waals surface area contributed by atoms with Crippen LogP contribution in [0.25, 0.3) is 0 Å². The Morgan fingerprint density at radius 1 is 0.737 bits per heavy atom. The van der Waals surface area contributed by atoms with Crippen LogP contribution in [0.15, 0.2) is 12.1 Å². The van der Waals surface area contributed by atoms with Crippen LogP contribution in [0.3, 0.4) is 0 Å². The molecule has 0 N–H and O–H groups in total. The molecule has 0 saturated heterocycles. The van der Waals surface area contributed by atoms with E-state index in [0.717, 1.165) is 51.4 Å². The van der Waals surface area contributed by atoms with E-state index in [2.05, 4.69) is 13.8 Å². The van der Waals surface area contributed by atoms with Gasteiger partial charge in [-0.2, -0.15) is 0 Å². The third-order valence-electron chi connectivity index (χ3n) is 3.37. The number of unbranched alkanes of at least 4 members (excludes halogenated alkanes) is 4. The molecule has 0 amide bonds. The molecular weight excluding hydrogens is 283 g/mol. The molecular formula is C16H24NiO2. The van der Waals surface area contributed by atoms with Gasteiger partial charge in [0.15, 0.2) is 0 Å². The van der Waals surface area contributed by atoms with Crippen LogP contribution in [0, 0.1) is 0 Å². The van der Waals surface area contributed by atoms with Crippen LogP contribution in [0.1, 0.15) is 63.5 Å². The van der Waals surface area contributed by atoms with Gasteiger partial charge in [0.1, 0.15) is 0 Å². The van der Waals surface area contributed by atoms with Gasteiger partial charge in [-0.05, 0) is 25.7 Å². The molecule has 0 unspecified atom stereocenters. The fourth-order valence-electron chi connectivity index (χ4n) is 2.17. The van der Waals surface area contributed by atoms with Crippen molar-refractivity contribution in [1.29, 1.82) is 0 Å². The summed E-state index contributed by atoms with van der Waals surface area (Å²) in [6.07, 6.45) is 7.99. The Morgan fingerprint density at radius 2 is 1.11 bits per heavy atom. The summed E-state index contributed by atoms with van der Waals surface area (Å²) in [5.74, 6) is -0.528. The van der Waals surface area contributed by atoms with Crippen LogP contribution in [0.5, 0.6) is 11.5 Å². The molecule has 3 heteroatoms. The Morgan fingerprint density at radius 3 is 1.42 bits per heavy atom. The summed E-state index contributed by atoms with van der Waals surface area (Å²) in [4.78, 5) is 0. The van der Waals surface area contributed by atoms with Crippen LogP contribution < -0.4 is 10.2 Å². The largest absolute Gasteiger partial charge is 2.00 e. The zero-order valence-electron chi connectivity index (χ0n) is 11.9. The first-order valence-electron chi connectivity index (χ1n) is 7.19. The van der Waals surface area contributed by atoms with Gasteiger partial charge in [0, 0.05) is 0 Å². The second-order valence-electron chi connectivity index (χ2n) is 4.96. The van der Waals surface area contributed by atoms with Crippen LogP contribution >= 0.6 is 0 Å². The Kier molecular flexibility index (Phi) is 9.78. The van der Waals surface area contributed by atoms with Crippen molar-refractivity contribution in [1.82, 2.24) is 0 Å². The van der Waals surface area contributed by atoms with Crippen molar-refractivity contribution >= 4 is 0 Å². The molecule has 1 aromatic rings. The number of benzene rings is 1. The average Bonchev–Trinajstić information content (AvgIpc) is 2.37. The van der Waals surface area contributed by atoms with Gasteiger partial charge in [-0.15, -0.1) is 11.5 Å². The minimum atomic E-state index is -0.264. The summed E-state index contributed by atoms with van der Waals surface area (Å²) in [5.41, 5.74) is 1.40. The predicted octanol–water partition coefficient (Wildman–Crippen LogP) is 3.30. The van der Waals surface area contributed by atoms with E-state index in [1.165, 1.54) is 0 Å². The quantitative estimate of drug-likeness (QED) is 0.546. The van der Waals surface area contributed by atoms with Crippen molar-refractivity contribution in [3.05, 3.63) is 23.3 Å². The molecule has 0 spiro atoms. The normalized spacial score (nSPS) is 10.2. The SMILES string of the molecule is CCCCCc1ccc(CCCCC)c([O-])c1[O-].[Ni+2]. The Labute approximate surface area is 127 Å². The van der Waals surface area contributed by atoms with Gasteiger partial charge in [0.2, 0.25) is 0 Å². The summed E-state index contributed by atoms with van der Waals surface area (Å²) < 4.78 is 0. The Balaban J connectivity index is 0.00000324. The molecule has 110 valence electrons. The number of hydrogen-bond acceptors (Lipinski definition) is 2. The van der Waals surface area contributed by atoms with Crippen molar-refractivity contribution in [2.24, 2.45) is 0 Å². The van der Waals surface area contributed by atoms with Crippen molar-refractivity contribution in [2.45, 2.75) is 65.2 Å². The second-order valence-corrected chi connectivity index (χ2v) is 4.96. The van der Waals surface area contributed by atoms with E-state index in [1.807, 2.05) is 12.1 Å². The third-order valence-corrected chi connectivity index (χ3v) is 3.37. The second kappa shape index (κ2) is 10.1. The topological polar surface area (TPSA) is 46.1 Å². The molecule has 0 radical (unpaired) electrons. The van der Waals surface area contributed by atoms with Gasteiger partial charge in [-0.3, -0.25) is 0 Å². The standard InChI is InChI=1S/C16H26O2.Ni/c1-3-5-7-9-13-11-12-14(10-8-6-4-2)16(18)15(13)17;/h11-12,17-18H,3-10H2,1-2H3;/q;+2/p-2. The maximum Gasteiger partial charge on any atom is 2.00 e. The summed E-state index contributed by atoms with van der Waals surface area (Å²) >= 11 is 0. The maximum atomic E-state index is 11.9. The molecule has 0 fully saturated rings. The Bertz CT molecular complexity index is 329. The van der Waals surface area contributed by atoms with E-state index in [-0.39, 0.29) is 28.0 Å². The number of hydrogen-bond donors (Lipinski definition) is 0. The smallest absolute Gasteiger partial charge is 0.873 e. The molecule has 0 aliphatic carbocycles. The molecule has 0 aromatic heterocycles. The van der Waals surface area contributed by atoms with E-state index >= 15 is 0 Å². The fourth-order valence-corrected chi connectivity index (χ4v) is 2.17. The predicted molar refractivity (Wildman–Crippen MR) is 71.8 cm³/mol. The Hall–Kier alpha value is -0.686. The molecule has 0 aliphatic heterocycles. The van der Waals surface area contributed by atoms with E-state index in [4.69, 9.17) is 0 Å². The van der Waals surface area contributed by atoms with Gasteiger partial charge in [-0.25, -0.2) is 0 Å². The van der Waals surface area contributed by atoms with E-state index < -0.39 is 0 Å². The summed E-state index contributed by atoms with van der Waals surface area (Å²) in [6.45, 7) is 4.27. The van der Waals surface area contributed by atoms with Crippen molar-refractivity contribution in [3.63, 3.8) is 0 Å². The van der Waals surface area contributed by atoms with Gasteiger partial charge < -0.3 is 10.2 Å². The first-order chi connectivity index (χ1) is 8.70. The zero-order valence-corrected chi connectivity index (χ0v) is 12.9. The van der Waals surface area contributed by atoms with Crippen LogP contribution in [-0.4, -0.2) is 0 Å². The van der Waals surface area contributed by atoms with Gasteiger partial charge in [0.25, 0.3) is 0 Å². The van der Waals surface area contributed by atoms with Crippen molar-refractivity contribution in [3.8, 4) is 11.5 Å². The van der Waals surface area contributed by atoms with Crippen molar-refractivity contribution in [2.75, 3.05) is 0 Å². The van der Waals surface area contributed by atoms with Crippen LogP contribution in [-0.2, 0) is 29.3 Å². The van der Waals surface area contributed by atoms with Gasteiger partial charge in [0.05, 0.1) is 0 Å². The number of rotatable bonds is 8.